The van der Waals surface area contributed by atoms with Crippen LogP contribution in [-0.4, -0.2) is 43.6 Å². The molecular formula is C12H15ClN4O4. The van der Waals surface area contributed by atoms with Gasteiger partial charge in [0.15, 0.2) is 11.8 Å². The fourth-order valence-electron chi connectivity index (χ4n) is 2.25. The van der Waals surface area contributed by atoms with Crippen LogP contribution in [0.4, 0.5) is 5.82 Å². The van der Waals surface area contributed by atoms with E-state index in [2.05, 4.69) is 16.3 Å². The molecule has 2 heterocycles. The molecule has 1 unspecified atom stereocenters. The average Bonchev–Trinajstić information content (AvgIpc) is 2.64. The molecule has 1 fully saturated rings. The Morgan fingerprint density at radius 3 is 2.86 bits per heavy atom. The number of halogens is 1. The van der Waals surface area contributed by atoms with E-state index in [0.717, 1.165) is 4.57 Å². The van der Waals surface area contributed by atoms with Gasteiger partial charge in [0.25, 0.3) is 0 Å². The third-order valence-electron chi connectivity index (χ3n) is 3.34. The van der Waals surface area contributed by atoms with Crippen molar-refractivity contribution in [2.24, 2.45) is 5.73 Å². The minimum Gasteiger partial charge on any atom is -0.391 e. The number of aliphatic hydroxyl groups excluding tert-OH is 2. The van der Waals surface area contributed by atoms with Crippen molar-refractivity contribution in [3.63, 3.8) is 0 Å². The highest BCUT2D eigenvalue weighted by atomic mass is 35.5. The van der Waals surface area contributed by atoms with Gasteiger partial charge in [0.2, 0.25) is 0 Å². The molecule has 21 heavy (non-hydrogen) atoms. The minimum atomic E-state index is -1.68. The van der Waals surface area contributed by atoms with Gasteiger partial charge in [-0.25, -0.2) is 4.79 Å². The van der Waals surface area contributed by atoms with E-state index in [9.17, 15) is 15.0 Å². The van der Waals surface area contributed by atoms with Crippen molar-refractivity contribution in [2.75, 3.05) is 5.73 Å². The molecule has 1 aromatic heterocycles. The molecule has 0 radical (unpaired) electrons. The average molecular weight is 315 g/mol. The lowest BCUT2D eigenvalue weighted by Gasteiger charge is -2.27. The Morgan fingerprint density at radius 1 is 1.67 bits per heavy atom. The lowest BCUT2D eigenvalue weighted by Crippen LogP contribution is -2.55. The van der Waals surface area contributed by atoms with Crippen LogP contribution in [0.15, 0.2) is 17.1 Å². The van der Waals surface area contributed by atoms with Crippen LogP contribution < -0.4 is 17.2 Å². The van der Waals surface area contributed by atoms with Gasteiger partial charge >= 0.3 is 5.69 Å². The summed E-state index contributed by atoms with van der Waals surface area (Å²) >= 11 is 5.39. The number of ether oxygens (including phenoxy) is 1. The van der Waals surface area contributed by atoms with Crippen molar-refractivity contribution in [1.82, 2.24) is 9.55 Å². The van der Waals surface area contributed by atoms with Crippen LogP contribution in [-0.2, 0) is 4.74 Å². The largest absolute Gasteiger partial charge is 0.391 e. The molecule has 0 aliphatic carbocycles. The lowest BCUT2D eigenvalue weighted by atomic mass is 9.90. The van der Waals surface area contributed by atoms with Crippen LogP contribution in [0.5, 0.6) is 0 Å². The Bertz CT molecular complexity index is 653. The second-order valence-corrected chi connectivity index (χ2v) is 5.02. The van der Waals surface area contributed by atoms with Gasteiger partial charge in [-0.05, 0) is 24.6 Å². The molecule has 0 spiro atoms. The van der Waals surface area contributed by atoms with E-state index in [-0.39, 0.29) is 5.82 Å². The normalized spacial score (nSPS) is 33.3. The van der Waals surface area contributed by atoms with Crippen LogP contribution in [0.1, 0.15) is 13.2 Å². The first-order chi connectivity index (χ1) is 9.81. The molecule has 1 aliphatic rings. The topological polar surface area (TPSA) is 137 Å². The number of nitrogens with two attached hydrogens (primary N) is 2. The SMILES string of the molecule is C[C@@H](O)[C@H]1O[C@@H](n2ccc(N)nc2=O)C(N)(C#CCl)[C@H]1O. The maximum absolute atomic E-state index is 11.9. The lowest BCUT2D eigenvalue weighted by molar-refractivity contribution is -0.0778. The molecule has 0 aromatic carbocycles. The van der Waals surface area contributed by atoms with Crippen molar-refractivity contribution < 1.29 is 14.9 Å². The van der Waals surface area contributed by atoms with Crippen LogP contribution in [0.25, 0.3) is 0 Å². The van der Waals surface area contributed by atoms with Crippen molar-refractivity contribution >= 4 is 17.4 Å². The minimum absolute atomic E-state index is 0.0351. The zero-order valence-electron chi connectivity index (χ0n) is 11.1. The molecule has 0 bridgehead atoms. The monoisotopic (exact) mass is 314 g/mol. The van der Waals surface area contributed by atoms with E-state index in [1.165, 1.54) is 19.2 Å². The Labute approximate surface area is 125 Å². The van der Waals surface area contributed by atoms with Crippen molar-refractivity contribution in [3.8, 4) is 11.3 Å². The molecule has 1 aliphatic heterocycles. The van der Waals surface area contributed by atoms with Crippen LogP contribution in [0.2, 0.25) is 0 Å². The molecule has 0 amide bonds. The Morgan fingerprint density at radius 2 is 2.33 bits per heavy atom. The molecule has 2 rings (SSSR count). The quantitative estimate of drug-likeness (QED) is 0.481. The number of aliphatic hydroxyl groups is 2. The highest BCUT2D eigenvalue weighted by molar-refractivity contribution is 6.30. The Kier molecular flexibility index (Phi) is 4.22. The number of nitrogen functional groups attached to an aromatic ring is 1. The maximum Gasteiger partial charge on any atom is 0.351 e. The summed E-state index contributed by atoms with van der Waals surface area (Å²) in [6.45, 7) is 1.43. The van der Waals surface area contributed by atoms with Crippen molar-refractivity contribution in [1.29, 1.82) is 0 Å². The fraction of sp³-hybridized carbons (Fsp3) is 0.500. The summed E-state index contributed by atoms with van der Waals surface area (Å²) in [5.74, 6) is 2.47. The number of hydrogen-bond donors (Lipinski definition) is 4. The van der Waals surface area contributed by atoms with E-state index >= 15 is 0 Å². The summed E-state index contributed by atoms with van der Waals surface area (Å²) in [5.41, 5.74) is 9.09. The Hall–Kier alpha value is -1.63. The van der Waals surface area contributed by atoms with Gasteiger partial charge in [-0.3, -0.25) is 4.57 Å². The molecule has 1 saturated heterocycles. The van der Waals surface area contributed by atoms with Gasteiger partial charge < -0.3 is 26.4 Å². The van der Waals surface area contributed by atoms with Gasteiger partial charge in [0, 0.05) is 11.6 Å². The van der Waals surface area contributed by atoms with E-state index in [4.69, 9.17) is 27.8 Å². The van der Waals surface area contributed by atoms with Gasteiger partial charge in [-0.15, -0.1) is 0 Å². The highest BCUT2D eigenvalue weighted by Crippen LogP contribution is 2.37. The second-order valence-electron chi connectivity index (χ2n) is 4.83. The molecule has 6 N–H and O–H groups in total. The summed E-state index contributed by atoms with van der Waals surface area (Å²) < 4.78 is 6.55. The first kappa shape index (κ1) is 15.8. The molecule has 114 valence electrons. The van der Waals surface area contributed by atoms with Gasteiger partial charge in [0.1, 0.15) is 18.0 Å². The van der Waals surface area contributed by atoms with Gasteiger partial charge in [-0.1, -0.05) is 5.92 Å². The summed E-state index contributed by atoms with van der Waals surface area (Å²) in [6.07, 6.45) is -3.24. The van der Waals surface area contributed by atoms with Crippen LogP contribution >= 0.6 is 11.6 Å². The standard InChI is InChI=1S/C12H15ClN4O4/c1-6(18)8-9(19)12(15,3-4-13)10(21-8)17-5-2-7(14)16-11(17)20/h2,5-6,8-10,18-19H,15H2,1H3,(H2,14,16,20)/t6-,8-,9+,10-,12?/m1/s1. The number of anilines is 1. The zero-order valence-corrected chi connectivity index (χ0v) is 11.9. The van der Waals surface area contributed by atoms with E-state index in [1.54, 1.807) is 0 Å². The fourth-order valence-corrected chi connectivity index (χ4v) is 2.41. The van der Waals surface area contributed by atoms with Gasteiger partial charge in [0.05, 0.1) is 6.10 Å². The first-order valence-corrected chi connectivity index (χ1v) is 6.47. The molecular weight excluding hydrogens is 300 g/mol. The van der Waals surface area contributed by atoms with Crippen molar-refractivity contribution in [3.05, 3.63) is 22.7 Å². The summed E-state index contributed by atoms with van der Waals surface area (Å²) in [4.78, 5) is 15.5. The van der Waals surface area contributed by atoms with Crippen LogP contribution in [0.3, 0.4) is 0 Å². The number of hydrogen-bond acceptors (Lipinski definition) is 7. The summed E-state index contributed by atoms with van der Waals surface area (Å²) in [7, 11) is 0. The smallest absolute Gasteiger partial charge is 0.351 e. The van der Waals surface area contributed by atoms with Crippen molar-refractivity contribution in [2.45, 2.75) is 37.0 Å². The maximum atomic E-state index is 11.9. The molecule has 5 atom stereocenters. The second kappa shape index (κ2) is 5.63. The predicted octanol–water partition coefficient (Wildman–Crippen LogP) is -1.64. The zero-order chi connectivity index (χ0) is 15.8. The third kappa shape index (κ3) is 2.62. The first-order valence-electron chi connectivity index (χ1n) is 6.09. The predicted molar refractivity (Wildman–Crippen MR) is 75.1 cm³/mol. The summed E-state index contributed by atoms with van der Waals surface area (Å²) in [5, 5.41) is 22.0. The van der Waals surface area contributed by atoms with Gasteiger partial charge in [-0.2, -0.15) is 4.98 Å². The van der Waals surface area contributed by atoms with E-state index in [0.29, 0.717) is 0 Å². The number of nitrogens with zero attached hydrogens (tertiary/aromatic N) is 2. The number of rotatable bonds is 2. The molecule has 1 aromatic rings. The number of aromatic nitrogens is 2. The molecule has 9 heteroatoms. The summed E-state index contributed by atoms with van der Waals surface area (Å²) in [6, 6.07) is 1.38. The van der Waals surface area contributed by atoms with E-state index in [1.807, 2.05) is 0 Å². The molecule has 0 saturated carbocycles. The van der Waals surface area contributed by atoms with Crippen LogP contribution in [0, 0.1) is 11.3 Å². The van der Waals surface area contributed by atoms with E-state index < -0.39 is 35.8 Å². The molecule has 8 nitrogen and oxygen atoms in total. The highest BCUT2D eigenvalue weighted by Gasteiger charge is 2.55. The Balaban J connectivity index is 2.54. The third-order valence-corrected chi connectivity index (χ3v) is 3.43.